The highest BCUT2D eigenvalue weighted by atomic mass is 35.5. The van der Waals surface area contributed by atoms with Crippen molar-refractivity contribution in [3.63, 3.8) is 0 Å². The number of fused-ring (bicyclic) bond motifs is 1. The van der Waals surface area contributed by atoms with E-state index in [0.717, 1.165) is 35.1 Å². The second-order valence-corrected chi connectivity index (χ2v) is 12.0. The van der Waals surface area contributed by atoms with Crippen LogP contribution in [-0.2, 0) is 21.8 Å². The Bertz CT molecular complexity index is 1770. The largest absolute Gasteiger partial charge is 0.489 e. The van der Waals surface area contributed by atoms with Crippen LogP contribution < -0.4 is 4.74 Å². The summed E-state index contributed by atoms with van der Waals surface area (Å²) in [6, 6.07) is 14.3. The van der Waals surface area contributed by atoms with Gasteiger partial charge < -0.3 is 9.47 Å². The molecule has 4 heterocycles. The van der Waals surface area contributed by atoms with Crippen LogP contribution in [0.15, 0.2) is 78.2 Å². The minimum Gasteiger partial charge on any atom is -0.489 e. The van der Waals surface area contributed by atoms with Crippen molar-refractivity contribution in [1.29, 1.82) is 0 Å². The quantitative estimate of drug-likeness (QED) is 0.257. The van der Waals surface area contributed by atoms with Crippen molar-refractivity contribution < 1.29 is 17.9 Å². The Labute approximate surface area is 231 Å². The van der Waals surface area contributed by atoms with E-state index >= 15 is 0 Å². The molecule has 6 rings (SSSR count). The van der Waals surface area contributed by atoms with Gasteiger partial charge in [-0.15, -0.1) is 0 Å². The lowest BCUT2D eigenvalue weighted by atomic mass is 10.0. The summed E-state index contributed by atoms with van der Waals surface area (Å²) in [6.07, 6.45) is 8.60. The molecule has 1 saturated heterocycles. The zero-order valence-electron chi connectivity index (χ0n) is 21.5. The van der Waals surface area contributed by atoms with Gasteiger partial charge in [-0.2, -0.15) is 5.10 Å². The lowest BCUT2D eigenvalue weighted by molar-refractivity contribution is 0.0256. The van der Waals surface area contributed by atoms with Crippen LogP contribution in [0.25, 0.3) is 33.3 Å². The molecule has 0 saturated carbocycles. The van der Waals surface area contributed by atoms with Crippen molar-refractivity contribution in [2.24, 2.45) is 7.05 Å². The summed E-state index contributed by atoms with van der Waals surface area (Å²) < 4.78 is 42.0. The van der Waals surface area contributed by atoms with Gasteiger partial charge in [0.15, 0.2) is 5.65 Å². The Morgan fingerprint density at radius 1 is 0.974 bits per heavy atom. The van der Waals surface area contributed by atoms with Crippen LogP contribution >= 0.6 is 11.6 Å². The van der Waals surface area contributed by atoms with Gasteiger partial charge in [0.2, 0.25) is 0 Å². The number of rotatable bonds is 6. The number of nitrogens with zero attached hydrogens (tertiary/aromatic N) is 4. The van der Waals surface area contributed by atoms with E-state index in [1.165, 1.54) is 3.97 Å². The van der Waals surface area contributed by atoms with Crippen molar-refractivity contribution in [3.05, 3.63) is 83.9 Å². The van der Waals surface area contributed by atoms with Crippen LogP contribution in [0, 0.1) is 6.92 Å². The Kier molecular flexibility index (Phi) is 6.66. The lowest BCUT2D eigenvalue weighted by Crippen LogP contribution is -2.25. The molecule has 0 amide bonds. The molecule has 0 unspecified atom stereocenters. The summed E-state index contributed by atoms with van der Waals surface area (Å²) in [6.45, 7) is 3.25. The highest BCUT2D eigenvalue weighted by Crippen LogP contribution is 2.38. The van der Waals surface area contributed by atoms with E-state index in [2.05, 4.69) is 10.1 Å². The predicted molar refractivity (Wildman–Crippen MR) is 151 cm³/mol. The highest BCUT2D eigenvalue weighted by Gasteiger charge is 2.24. The minimum atomic E-state index is -3.91. The second kappa shape index (κ2) is 10.1. The smallest absolute Gasteiger partial charge is 0.269 e. The maximum atomic E-state index is 13.8. The number of hydrogen-bond donors (Lipinski definition) is 0. The molecule has 3 aromatic heterocycles. The second-order valence-electron chi connectivity index (χ2n) is 9.73. The summed E-state index contributed by atoms with van der Waals surface area (Å²) >= 11 is 6.68. The number of benzene rings is 2. The van der Waals surface area contributed by atoms with Gasteiger partial charge in [0.25, 0.3) is 10.0 Å². The van der Waals surface area contributed by atoms with E-state index in [4.69, 9.17) is 21.1 Å². The summed E-state index contributed by atoms with van der Waals surface area (Å²) in [5, 5.41) is 5.40. The summed E-state index contributed by atoms with van der Waals surface area (Å²) in [4.78, 5) is 4.80. The molecule has 0 atom stereocenters. The Morgan fingerprint density at radius 3 is 2.44 bits per heavy atom. The van der Waals surface area contributed by atoms with Gasteiger partial charge in [-0.05, 0) is 42.8 Å². The van der Waals surface area contributed by atoms with Crippen molar-refractivity contribution in [2.45, 2.75) is 30.8 Å². The maximum absolute atomic E-state index is 13.8. The first kappa shape index (κ1) is 25.6. The van der Waals surface area contributed by atoms with Gasteiger partial charge in [-0.25, -0.2) is 17.4 Å². The average Bonchev–Trinajstić information content (AvgIpc) is 3.54. The van der Waals surface area contributed by atoms with Crippen LogP contribution in [0.1, 0.15) is 18.4 Å². The van der Waals surface area contributed by atoms with E-state index in [9.17, 15) is 8.42 Å². The van der Waals surface area contributed by atoms with E-state index in [0.29, 0.717) is 40.6 Å². The Hall–Kier alpha value is -3.66. The van der Waals surface area contributed by atoms with Gasteiger partial charge in [-0.1, -0.05) is 35.4 Å². The first-order valence-corrected chi connectivity index (χ1v) is 14.5. The molecule has 8 nitrogen and oxygen atoms in total. The molecule has 0 radical (unpaired) electrons. The van der Waals surface area contributed by atoms with Gasteiger partial charge in [0.05, 0.1) is 29.3 Å². The fraction of sp³-hybridized carbons (Fsp3) is 0.241. The third-order valence-corrected chi connectivity index (χ3v) is 8.89. The van der Waals surface area contributed by atoms with Crippen molar-refractivity contribution in [3.8, 4) is 28.0 Å². The molecule has 200 valence electrons. The van der Waals surface area contributed by atoms with Crippen molar-refractivity contribution in [2.75, 3.05) is 13.2 Å². The predicted octanol–water partition coefficient (Wildman–Crippen LogP) is 5.86. The number of aryl methyl sites for hydroxylation is 2. The highest BCUT2D eigenvalue weighted by molar-refractivity contribution is 7.90. The first-order valence-electron chi connectivity index (χ1n) is 12.7. The van der Waals surface area contributed by atoms with Gasteiger partial charge in [0, 0.05) is 60.6 Å². The molecule has 1 aliphatic rings. The number of ether oxygens (including phenoxy) is 2. The molecule has 0 N–H and O–H groups in total. The van der Waals surface area contributed by atoms with E-state index in [1.54, 1.807) is 47.5 Å². The molecule has 5 aromatic rings. The molecular weight excluding hydrogens is 536 g/mol. The minimum absolute atomic E-state index is 0.0508. The van der Waals surface area contributed by atoms with Crippen LogP contribution in [0.2, 0.25) is 5.02 Å². The molecular formula is C29H27ClN4O4S. The summed E-state index contributed by atoms with van der Waals surface area (Å²) in [7, 11) is -2.07. The zero-order chi connectivity index (χ0) is 27.1. The topological polar surface area (TPSA) is 88.2 Å². The van der Waals surface area contributed by atoms with Crippen LogP contribution in [0.4, 0.5) is 0 Å². The van der Waals surface area contributed by atoms with E-state index in [1.807, 2.05) is 44.4 Å². The molecule has 1 aliphatic heterocycles. The number of halogens is 1. The van der Waals surface area contributed by atoms with E-state index in [-0.39, 0.29) is 11.0 Å². The molecule has 1 fully saturated rings. The zero-order valence-corrected chi connectivity index (χ0v) is 23.1. The normalized spacial score (nSPS) is 14.6. The summed E-state index contributed by atoms with van der Waals surface area (Å²) in [5.41, 5.74) is 4.46. The molecule has 0 spiro atoms. The third-order valence-electron chi connectivity index (χ3n) is 6.93. The Balaban J connectivity index is 1.48. The molecule has 39 heavy (non-hydrogen) atoms. The number of aromatic nitrogens is 4. The van der Waals surface area contributed by atoms with Crippen LogP contribution in [0.3, 0.4) is 0 Å². The maximum Gasteiger partial charge on any atom is 0.269 e. The van der Waals surface area contributed by atoms with Gasteiger partial charge in [0.1, 0.15) is 11.9 Å². The van der Waals surface area contributed by atoms with Gasteiger partial charge in [-0.3, -0.25) is 4.68 Å². The summed E-state index contributed by atoms with van der Waals surface area (Å²) in [5.74, 6) is 0.595. The number of hydrogen-bond acceptors (Lipinski definition) is 6. The molecule has 10 heteroatoms. The van der Waals surface area contributed by atoms with Crippen molar-refractivity contribution in [1.82, 2.24) is 18.7 Å². The lowest BCUT2D eigenvalue weighted by Gasteiger charge is -2.23. The van der Waals surface area contributed by atoms with Crippen molar-refractivity contribution >= 4 is 32.7 Å². The monoisotopic (exact) mass is 562 g/mol. The van der Waals surface area contributed by atoms with Gasteiger partial charge >= 0.3 is 0 Å². The molecule has 0 aliphatic carbocycles. The fourth-order valence-electron chi connectivity index (χ4n) is 4.78. The SMILES string of the molecule is Cc1ccc(S(=O)(=O)n2cc(-c3ccc(OC4CCOCC4)c(Cl)c3)c3cc(-c4cnn(C)c4)cnc32)cc1. The Morgan fingerprint density at radius 2 is 1.74 bits per heavy atom. The average molecular weight is 563 g/mol. The molecule has 2 aromatic carbocycles. The van der Waals surface area contributed by atoms with Crippen LogP contribution in [0.5, 0.6) is 5.75 Å². The fourth-order valence-corrected chi connectivity index (χ4v) is 6.33. The van der Waals surface area contributed by atoms with Crippen LogP contribution in [-0.4, -0.2) is 46.5 Å². The molecule has 0 bridgehead atoms. The number of pyridine rings is 1. The third kappa shape index (κ3) is 4.93. The first-order chi connectivity index (χ1) is 18.8. The van der Waals surface area contributed by atoms with E-state index < -0.39 is 10.0 Å². The standard InChI is InChI=1S/C29H27ClN4O4S/c1-19-3-6-24(7-4-19)39(35,36)34-18-26(25-13-21(15-31-29(25)34)22-16-32-33(2)17-22)20-5-8-28(27(30)14-20)38-23-9-11-37-12-10-23/h3-8,13-18,23H,9-12H2,1-2H3.